The Morgan fingerprint density at radius 1 is 1.10 bits per heavy atom. The average Bonchev–Trinajstić information content (AvgIpc) is 3.05. The SMILES string of the molecule is O=C(NC1Cc2[nH]c3ccccc3c2C1)C1CCCCC1. The predicted molar refractivity (Wildman–Crippen MR) is 84.2 cm³/mol. The van der Waals surface area contributed by atoms with Crippen LogP contribution in [0.4, 0.5) is 0 Å². The van der Waals surface area contributed by atoms with Crippen LogP contribution in [0.25, 0.3) is 10.9 Å². The van der Waals surface area contributed by atoms with Crippen LogP contribution in [0.5, 0.6) is 0 Å². The Morgan fingerprint density at radius 2 is 1.90 bits per heavy atom. The van der Waals surface area contributed by atoms with Gasteiger partial charge in [0.15, 0.2) is 0 Å². The van der Waals surface area contributed by atoms with Gasteiger partial charge in [-0.05, 0) is 30.9 Å². The van der Waals surface area contributed by atoms with E-state index in [4.69, 9.17) is 0 Å². The van der Waals surface area contributed by atoms with Crippen LogP contribution < -0.4 is 5.32 Å². The first kappa shape index (κ1) is 12.9. The quantitative estimate of drug-likeness (QED) is 0.872. The molecule has 1 aromatic heterocycles. The Kier molecular flexibility index (Phi) is 3.21. The summed E-state index contributed by atoms with van der Waals surface area (Å²) in [5.74, 6) is 0.545. The van der Waals surface area contributed by atoms with Crippen LogP contribution in [0.3, 0.4) is 0 Å². The van der Waals surface area contributed by atoms with E-state index in [0.29, 0.717) is 0 Å². The van der Waals surface area contributed by atoms with Crippen molar-refractivity contribution in [3.8, 4) is 0 Å². The van der Waals surface area contributed by atoms with E-state index in [2.05, 4.69) is 34.6 Å². The van der Waals surface area contributed by atoms with Crippen molar-refractivity contribution in [2.75, 3.05) is 0 Å². The van der Waals surface area contributed by atoms with Gasteiger partial charge in [0.25, 0.3) is 0 Å². The normalized spacial score (nSPS) is 22.4. The van der Waals surface area contributed by atoms with Crippen molar-refractivity contribution in [3.05, 3.63) is 35.5 Å². The number of benzene rings is 1. The number of H-pyrrole nitrogens is 1. The molecule has 1 atom stereocenters. The molecule has 1 saturated carbocycles. The molecule has 2 aliphatic rings. The summed E-state index contributed by atoms with van der Waals surface area (Å²) < 4.78 is 0. The van der Waals surface area contributed by atoms with Crippen molar-refractivity contribution in [3.63, 3.8) is 0 Å². The zero-order valence-corrected chi connectivity index (χ0v) is 12.3. The third kappa shape index (κ3) is 2.35. The third-order valence-electron chi connectivity index (χ3n) is 5.13. The summed E-state index contributed by atoms with van der Waals surface area (Å²) in [6.07, 6.45) is 7.79. The number of aromatic amines is 1. The molecule has 1 fully saturated rings. The zero-order valence-electron chi connectivity index (χ0n) is 12.3. The molecule has 0 aliphatic heterocycles. The van der Waals surface area contributed by atoms with Crippen molar-refractivity contribution in [2.24, 2.45) is 5.92 Å². The maximum Gasteiger partial charge on any atom is 0.223 e. The molecular weight excluding hydrogens is 260 g/mol. The molecule has 2 aromatic rings. The molecule has 2 N–H and O–H groups in total. The van der Waals surface area contributed by atoms with E-state index in [-0.39, 0.29) is 17.9 Å². The zero-order chi connectivity index (χ0) is 14.2. The number of carbonyl (C=O) groups is 1. The lowest BCUT2D eigenvalue weighted by Crippen LogP contribution is -2.40. The second-order valence-electron chi connectivity index (χ2n) is 6.58. The monoisotopic (exact) mass is 282 g/mol. The molecule has 2 aliphatic carbocycles. The van der Waals surface area contributed by atoms with Crippen molar-refractivity contribution in [1.29, 1.82) is 0 Å². The number of fused-ring (bicyclic) bond motifs is 3. The fourth-order valence-electron chi connectivity index (χ4n) is 4.01. The number of aromatic nitrogens is 1. The van der Waals surface area contributed by atoms with Crippen molar-refractivity contribution in [2.45, 2.75) is 51.0 Å². The van der Waals surface area contributed by atoms with Gasteiger partial charge in [-0.1, -0.05) is 37.5 Å². The number of rotatable bonds is 2. The molecular formula is C18H22N2O. The van der Waals surface area contributed by atoms with Gasteiger partial charge in [-0.2, -0.15) is 0 Å². The summed E-state index contributed by atoms with van der Waals surface area (Å²) in [7, 11) is 0. The average molecular weight is 282 g/mol. The summed E-state index contributed by atoms with van der Waals surface area (Å²) in [5, 5.41) is 4.61. The lowest BCUT2D eigenvalue weighted by molar-refractivity contribution is -0.126. The predicted octanol–water partition coefficient (Wildman–Crippen LogP) is 3.33. The highest BCUT2D eigenvalue weighted by molar-refractivity contribution is 5.86. The van der Waals surface area contributed by atoms with Gasteiger partial charge in [0.2, 0.25) is 5.91 Å². The van der Waals surface area contributed by atoms with Crippen LogP contribution >= 0.6 is 0 Å². The number of carbonyl (C=O) groups excluding carboxylic acids is 1. The van der Waals surface area contributed by atoms with E-state index in [1.54, 1.807) is 0 Å². The van der Waals surface area contributed by atoms with E-state index < -0.39 is 0 Å². The van der Waals surface area contributed by atoms with Crippen molar-refractivity contribution < 1.29 is 4.79 Å². The maximum atomic E-state index is 12.4. The highest BCUT2D eigenvalue weighted by atomic mass is 16.1. The first-order chi connectivity index (χ1) is 10.3. The molecule has 0 radical (unpaired) electrons. The van der Waals surface area contributed by atoms with E-state index in [9.17, 15) is 4.79 Å². The van der Waals surface area contributed by atoms with E-state index >= 15 is 0 Å². The van der Waals surface area contributed by atoms with Gasteiger partial charge in [0, 0.05) is 35.0 Å². The van der Waals surface area contributed by atoms with Crippen molar-refractivity contribution >= 4 is 16.8 Å². The minimum Gasteiger partial charge on any atom is -0.358 e. The molecule has 1 unspecified atom stereocenters. The third-order valence-corrected chi connectivity index (χ3v) is 5.13. The van der Waals surface area contributed by atoms with Gasteiger partial charge in [0.1, 0.15) is 0 Å². The van der Waals surface area contributed by atoms with E-state index in [0.717, 1.165) is 25.7 Å². The largest absolute Gasteiger partial charge is 0.358 e. The van der Waals surface area contributed by atoms with Gasteiger partial charge < -0.3 is 10.3 Å². The van der Waals surface area contributed by atoms with Crippen molar-refractivity contribution in [1.82, 2.24) is 10.3 Å². The maximum absolute atomic E-state index is 12.4. The Bertz CT molecular complexity index is 667. The second-order valence-corrected chi connectivity index (χ2v) is 6.58. The number of hydrogen-bond acceptors (Lipinski definition) is 1. The van der Waals surface area contributed by atoms with Crippen LogP contribution in [0, 0.1) is 5.92 Å². The fraction of sp³-hybridized carbons (Fsp3) is 0.500. The number of amides is 1. The lowest BCUT2D eigenvalue weighted by atomic mass is 9.88. The summed E-state index contributed by atoms with van der Waals surface area (Å²) >= 11 is 0. The fourth-order valence-corrected chi connectivity index (χ4v) is 4.01. The Labute approximate surface area is 125 Å². The highest BCUT2D eigenvalue weighted by Crippen LogP contribution is 2.30. The number of para-hydroxylation sites is 1. The Morgan fingerprint density at radius 3 is 2.76 bits per heavy atom. The highest BCUT2D eigenvalue weighted by Gasteiger charge is 2.29. The minimum absolute atomic E-state index is 0.259. The van der Waals surface area contributed by atoms with Crippen LogP contribution in [-0.2, 0) is 17.6 Å². The van der Waals surface area contributed by atoms with Gasteiger partial charge in [-0.15, -0.1) is 0 Å². The number of hydrogen-bond donors (Lipinski definition) is 2. The van der Waals surface area contributed by atoms with Gasteiger partial charge >= 0.3 is 0 Å². The summed E-state index contributed by atoms with van der Waals surface area (Å²) in [6.45, 7) is 0. The standard InChI is InChI=1S/C18H22N2O/c21-18(12-6-2-1-3-7-12)19-13-10-15-14-8-4-5-9-16(14)20-17(15)11-13/h4-5,8-9,12-13,20H,1-3,6-7,10-11H2,(H,19,21). The van der Waals surface area contributed by atoms with Crippen LogP contribution in [0.15, 0.2) is 24.3 Å². The summed E-state index contributed by atoms with van der Waals surface area (Å²) in [4.78, 5) is 15.9. The first-order valence-electron chi connectivity index (χ1n) is 8.20. The van der Waals surface area contributed by atoms with Gasteiger partial charge in [0.05, 0.1) is 0 Å². The first-order valence-corrected chi connectivity index (χ1v) is 8.20. The molecule has 0 bridgehead atoms. The topological polar surface area (TPSA) is 44.9 Å². The van der Waals surface area contributed by atoms with E-state index in [1.165, 1.54) is 41.4 Å². The molecule has 0 spiro atoms. The summed E-state index contributed by atoms with van der Waals surface area (Å²) in [6, 6.07) is 8.74. The molecule has 0 saturated heterocycles. The molecule has 21 heavy (non-hydrogen) atoms. The van der Waals surface area contributed by atoms with Crippen LogP contribution in [0.2, 0.25) is 0 Å². The van der Waals surface area contributed by atoms with Crippen LogP contribution in [-0.4, -0.2) is 16.9 Å². The Balaban J connectivity index is 1.45. The molecule has 4 rings (SSSR count). The second kappa shape index (κ2) is 5.21. The molecule has 3 nitrogen and oxygen atoms in total. The Hall–Kier alpha value is -1.77. The van der Waals surface area contributed by atoms with Crippen LogP contribution in [0.1, 0.15) is 43.4 Å². The minimum atomic E-state index is 0.259. The lowest BCUT2D eigenvalue weighted by Gasteiger charge is -2.23. The molecule has 1 aromatic carbocycles. The van der Waals surface area contributed by atoms with Gasteiger partial charge in [-0.3, -0.25) is 4.79 Å². The molecule has 1 heterocycles. The molecule has 110 valence electrons. The number of nitrogens with one attached hydrogen (secondary N) is 2. The molecule has 1 amide bonds. The van der Waals surface area contributed by atoms with E-state index in [1.807, 2.05) is 0 Å². The molecule has 3 heteroatoms. The summed E-state index contributed by atoms with van der Waals surface area (Å²) in [5.41, 5.74) is 3.93. The smallest absolute Gasteiger partial charge is 0.223 e. The van der Waals surface area contributed by atoms with Gasteiger partial charge in [-0.25, -0.2) is 0 Å².